The number of anilines is 1. The molecule has 17 heavy (non-hydrogen) atoms. The van der Waals surface area contributed by atoms with E-state index in [1.807, 2.05) is 0 Å². The van der Waals surface area contributed by atoms with Gasteiger partial charge in [0.2, 0.25) is 5.91 Å². The van der Waals surface area contributed by atoms with Crippen LogP contribution < -0.4 is 15.8 Å². The van der Waals surface area contributed by atoms with Gasteiger partial charge in [0.1, 0.15) is 5.75 Å². The summed E-state index contributed by atoms with van der Waals surface area (Å²) < 4.78 is 10.1. The van der Waals surface area contributed by atoms with Crippen molar-refractivity contribution in [3.8, 4) is 5.75 Å². The maximum atomic E-state index is 11.1. The highest BCUT2D eigenvalue weighted by atomic mass is 16.5. The number of carbonyl (C=O) groups is 1. The number of nitrogens with two attached hydrogens (primary N) is 1. The molecule has 0 bridgehead atoms. The Morgan fingerprint density at radius 1 is 1.41 bits per heavy atom. The van der Waals surface area contributed by atoms with Crippen molar-refractivity contribution < 1.29 is 14.3 Å². The normalized spacial score (nSPS) is 10.0. The Hall–Kier alpha value is -1.75. The molecule has 0 unspecified atom stereocenters. The summed E-state index contributed by atoms with van der Waals surface area (Å²) in [6, 6.07) is 5.05. The van der Waals surface area contributed by atoms with E-state index in [4.69, 9.17) is 15.2 Å². The first-order chi connectivity index (χ1) is 8.19. The van der Waals surface area contributed by atoms with Gasteiger partial charge in [0.25, 0.3) is 0 Å². The van der Waals surface area contributed by atoms with E-state index in [1.54, 1.807) is 32.4 Å². The van der Waals surface area contributed by atoms with Crippen LogP contribution in [0.5, 0.6) is 5.75 Å². The van der Waals surface area contributed by atoms with Crippen LogP contribution in [0.15, 0.2) is 18.2 Å². The van der Waals surface area contributed by atoms with E-state index < -0.39 is 5.91 Å². The molecule has 0 saturated heterocycles. The second-order valence-electron chi connectivity index (χ2n) is 3.55. The number of hydrogen-bond donors (Lipinski definition) is 2. The van der Waals surface area contributed by atoms with Gasteiger partial charge in [0.15, 0.2) is 0 Å². The minimum atomic E-state index is -0.451. The Balaban J connectivity index is 2.72. The summed E-state index contributed by atoms with van der Waals surface area (Å²) in [5.41, 5.74) is 6.45. The zero-order chi connectivity index (χ0) is 12.7. The summed E-state index contributed by atoms with van der Waals surface area (Å²) in [4.78, 5) is 11.1. The van der Waals surface area contributed by atoms with Crippen LogP contribution in [0.2, 0.25) is 0 Å². The third-order valence-electron chi connectivity index (χ3n) is 2.32. The van der Waals surface area contributed by atoms with Crippen LogP contribution in [0.3, 0.4) is 0 Å². The predicted molar refractivity (Wildman–Crippen MR) is 66.5 cm³/mol. The zero-order valence-corrected chi connectivity index (χ0v) is 10.2. The van der Waals surface area contributed by atoms with Gasteiger partial charge in [-0.25, -0.2) is 0 Å². The summed E-state index contributed by atoms with van der Waals surface area (Å²) >= 11 is 0. The van der Waals surface area contributed by atoms with E-state index in [0.717, 1.165) is 18.7 Å². The largest absolute Gasteiger partial charge is 0.495 e. The fourth-order valence-corrected chi connectivity index (χ4v) is 1.44. The molecule has 0 radical (unpaired) electrons. The molecule has 1 aromatic rings. The lowest BCUT2D eigenvalue weighted by atomic mass is 10.1. The first-order valence-corrected chi connectivity index (χ1v) is 5.39. The van der Waals surface area contributed by atoms with Crippen LogP contribution in [0.1, 0.15) is 16.8 Å². The topological polar surface area (TPSA) is 73.6 Å². The van der Waals surface area contributed by atoms with Crippen LogP contribution in [0, 0.1) is 0 Å². The van der Waals surface area contributed by atoms with Crippen molar-refractivity contribution in [3.63, 3.8) is 0 Å². The molecule has 1 amide bonds. The second-order valence-corrected chi connectivity index (χ2v) is 3.55. The van der Waals surface area contributed by atoms with Gasteiger partial charge in [-0.05, 0) is 24.6 Å². The van der Waals surface area contributed by atoms with Crippen molar-refractivity contribution in [2.24, 2.45) is 5.73 Å². The molecule has 0 aliphatic heterocycles. The lowest BCUT2D eigenvalue weighted by Gasteiger charge is -2.11. The number of nitrogens with one attached hydrogen (secondary N) is 1. The minimum Gasteiger partial charge on any atom is -0.495 e. The molecule has 5 heteroatoms. The molecule has 1 rings (SSSR count). The number of amides is 1. The zero-order valence-electron chi connectivity index (χ0n) is 10.2. The molecule has 0 aliphatic carbocycles. The van der Waals surface area contributed by atoms with Gasteiger partial charge in [0, 0.05) is 25.8 Å². The maximum Gasteiger partial charge on any atom is 0.248 e. The molecular formula is C12H18N2O3. The number of hydrogen-bond acceptors (Lipinski definition) is 4. The molecule has 1 aromatic carbocycles. The molecule has 94 valence electrons. The first-order valence-electron chi connectivity index (χ1n) is 5.39. The van der Waals surface area contributed by atoms with Crippen LogP contribution in [-0.4, -0.2) is 33.3 Å². The van der Waals surface area contributed by atoms with Gasteiger partial charge in [-0.15, -0.1) is 0 Å². The van der Waals surface area contributed by atoms with Gasteiger partial charge in [0.05, 0.1) is 12.8 Å². The number of primary amides is 1. The summed E-state index contributed by atoms with van der Waals surface area (Å²) in [7, 11) is 3.24. The minimum absolute atomic E-state index is 0.451. The Morgan fingerprint density at radius 3 is 2.76 bits per heavy atom. The van der Waals surface area contributed by atoms with E-state index in [9.17, 15) is 4.79 Å². The number of carbonyl (C=O) groups excluding carboxylic acids is 1. The van der Waals surface area contributed by atoms with Gasteiger partial charge >= 0.3 is 0 Å². The van der Waals surface area contributed by atoms with E-state index in [-0.39, 0.29) is 0 Å². The van der Waals surface area contributed by atoms with E-state index in [1.165, 1.54) is 0 Å². The first kappa shape index (κ1) is 13.3. The molecule has 0 saturated carbocycles. The molecule has 0 aliphatic rings. The van der Waals surface area contributed by atoms with Crippen molar-refractivity contribution in [2.45, 2.75) is 6.42 Å². The number of benzene rings is 1. The summed E-state index contributed by atoms with van der Waals surface area (Å²) in [5, 5.41) is 3.18. The lowest BCUT2D eigenvalue weighted by molar-refractivity contribution is 0.100. The van der Waals surface area contributed by atoms with Crippen molar-refractivity contribution in [2.75, 3.05) is 32.7 Å². The Bertz CT molecular complexity index is 380. The highest BCUT2D eigenvalue weighted by molar-refractivity contribution is 5.94. The van der Waals surface area contributed by atoms with Crippen molar-refractivity contribution in [1.29, 1.82) is 0 Å². The fourth-order valence-electron chi connectivity index (χ4n) is 1.44. The fraction of sp³-hybridized carbons (Fsp3) is 0.417. The second kappa shape index (κ2) is 6.75. The summed E-state index contributed by atoms with van der Waals surface area (Å²) in [6.45, 7) is 1.43. The van der Waals surface area contributed by atoms with Gasteiger partial charge in [-0.3, -0.25) is 4.79 Å². The number of rotatable bonds is 7. The smallest absolute Gasteiger partial charge is 0.248 e. The van der Waals surface area contributed by atoms with E-state index in [0.29, 0.717) is 17.9 Å². The Kier molecular flexibility index (Phi) is 5.29. The third-order valence-corrected chi connectivity index (χ3v) is 2.32. The predicted octanol–water partition coefficient (Wildman–Crippen LogP) is 1.24. The monoisotopic (exact) mass is 238 g/mol. The van der Waals surface area contributed by atoms with E-state index in [2.05, 4.69) is 5.32 Å². The summed E-state index contributed by atoms with van der Waals surface area (Å²) in [5.74, 6) is 0.236. The highest BCUT2D eigenvalue weighted by Crippen LogP contribution is 2.25. The van der Waals surface area contributed by atoms with Gasteiger partial charge in [-0.2, -0.15) is 0 Å². The average molecular weight is 238 g/mol. The number of methoxy groups -OCH3 is 2. The molecule has 0 atom stereocenters. The summed E-state index contributed by atoms with van der Waals surface area (Å²) in [6.07, 6.45) is 0.875. The number of ether oxygens (including phenoxy) is 2. The molecular weight excluding hydrogens is 220 g/mol. The standard InChI is InChI=1S/C12H18N2O3/c1-16-7-3-6-14-10-8-9(12(13)15)4-5-11(10)17-2/h4-5,8,14H,3,6-7H2,1-2H3,(H2,13,15). The molecule has 0 fully saturated rings. The quantitative estimate of drug-likeness (QED) is 0.701. The third kappa shape index (κ3) is 3.96. The van der Waals surface area contributed by atoms with Gasteiger partial charge in [-0.1, -0.05) is 0 Å². The molecule has 5 nitrogen and oxygen atoms in total. The van der Waals surface area contributed by atoms with Crippen LogP contribution >= 0.6 is 0 Å². The van der Waals surface area contributed by atoms with Crippen molar-refractivity contribution in [3.05, 3.63) is 23.8 Å². The SMILES string of the molecule is COCCCNc1cc(C(N)=O)ccc1OC. The molecule has 0 aromatic heterocycles. The molecule has 3 N–H and O–H groups in total. The molecule has 0 heterocycles. The van der Waals surface area contributed by atoms with Gasteiger partial charge < -0.3 is 20.5 Å². The lowest BCUT2D eigenvalue weighted by Crippen LogP contribution is -2.12. The maximum absolute atomic E-state index is 11.1. The van der Waals surface area contributed by atoms with E-state index >= 15 is 0 Å². The van der Waals surface area contributed by atoms with Crippen LogP contribution in [-0.2, 0) is 4.74 Å². The van der Waals surface area contributed by atoms with Crippen molar-refractivity contribution in [1.82, 2.24) is 0 Å². The Morgan fingerprint density at radius 2 is 2.18 bits per heavy atom. The Labute approximate surface area is 101 Å². The van der Waals surface area contributed by atoms with Crippen LogP contribution in [0.25, 0.3) is 0 Å². The highest BCUT2D eigenvalue weighted by Gasteiger charge is 2.06. The molecule has 0 spiro atoms. The van der Waals surface area contributed by atoms with Crippen molar-refractivity contribution >= 4 is 11.6 Å². The van der Waals surface area contributed by atoms with Crippen LogP contribution in [0.4, 0.5) is 5.69 Å². The average Bonchev–Trinajstić information content (AvgIpc) is 2.34.